The third kappa shape index (κ3) is 4.21. The van der Waals surface area contributed by atoms with E-state index in [1.165, 1.54) is 0 Å². The Morgan fingerprint density at radius 1 is 1.35 bits per heavy atom. The Morgan fingerprint density at radius 2 is 1.95 bits per heavy atom. The smallest absolute Gasteiger partial charge is 0.124 e. The van der Waals surface area contributed by atoms with E-state index >= 15 is 0 Å². The number of piperazine rings is 1. The van der Waals surface area contributed by atoms with Crippen molar-refractivity contribution in [3.8, 4) is 5.75 Å². The summed E-state index contributed by atoms with van der Waals surface area (Å²) < 4.78 is 14.2. The second-order valence-corrected chi connectivity index (χ2v) is 5.44. The number of alkyl halides is 1. The lowest BCUT2D eigenvalue weighted by Gasteiger charge is -2.34. The van der Waals surface area contributed by atoms with Gasteiger partial charge in [0.1, 0.15) is 12.4 Å². The van der Waals surface area contributed by atoms with Gasteiger partial charge in [-0.25, -0.2) is 4.39 Å². The molecular weight excluding hydrogens is 370 g/mol. The van der Waals surface area contributed by atoms with E-state index in [-0.39, 0.29) is 36.6 Å². The molecule has 20 heavy (non-hydrogen) atoms. The molecule has 0 saturated carbocycles. The summed E-state index contributed by atoms with van der Waals surface area (Å²) in [5.74, 6) is 0.200. The number of halogens is 4. The highest BCUT2D eigenvalue weighted by molar-refractivity contribution is 9.10. The van der Waals surface area contributed by atoms with Gasteiger partial charge in [0.05, 0.1) is 6.04 Å². The highest BCUT2D eigenvalue weighted by Gasteiger charge is 2.26. The number of aromatic hydroxyl groups is 1. The van der Waals surface area contributed by atoms with E-state index in [4.69, 9.17) is 0 Å². The molecule has 0 unspecified atom stereocenters. The molecule has 1 fully saturated rings. The average Bonchev–Trinajstić information content (AvgIpc) is 2.40. The van der Waals surface area contributed by atoms with Crippen LogP contribution in [0.25, 0.3) is 0 Å². The maximum atomic E-state index is 13.4. The number of phenolic OH excluding ortho intramolecular Hbond substituents is 1. The van der Waals surface area contributed by atoms with Crippen LogP contribution in [0, 0.1) is 6.92 Å². The van der Waals surface area contributed by atoms with Gasteiger partial charge in [-0.05, 0) is 18.6 Å². The SMILES string of the molecule is Cc1ccc(Br)c([C@@H](CF)N2CCNCC2)c1O.Cl.Cl. The summed E-state index contributed by atoms with van der Waals surface area (Å²) in [6.07, 6.45) is 0. The van der Waals surface area contributed by atoms with E-state index in [9.17, 15) is 9.50 Å². The van der Waals surface area contributed by atoms with Gasteiger partial charge in [0.15, 0.2) is 0 Å². The van der Waals surface area contributed by atoms with E-state index in [1.54, 1.807) is 0 Å². The number of nitrogens with zero attached hydrogens (tertiary/aromatic N) is 1. The lowest BCUT2D eigenvalue weighted by molar-refractivity contribution is 0.144. The van der Waals surface area contributed by atoms with Crippen molar-refractivity contribution < 1.29 is 9.50 Å². The van der Waals surface area contributed by atoms with Crippen molar-refractivity contribution in [3.05, 3.63) is 27.7 Å². The molecule has 1 atom stereocenters. The summed E-state index contributed by atoms with van der Waals surface area (Å²) >= 11 is 3.42. The zero-order chi connectivity index (χ0) is 13.1. The maximum absolute atomic E-state index is 13.4. The number of phenols is 1. The largest absolute Gasteiger partial charge is 0.507 e. The lowest BCUT2D eigenvalue weighted by Crippen LogP contribution is -2.45. The fourth-order valence-corrected chi connectivity index (χ4v) is 2.94. The molecule has 0 amide bonds. The van der Waals surface area contributed by atoms with Crippen LogP contribution in [0.4, 0.5) is 4.39 Å². The summed E-state index contributed by atoms with van der Waals surface area (Å²) in [4.78, 5) is 2.08. The van der Waals surface area contributed by atoms with Gasteiger partial charge in [-0.15, -0.1) is 24.8 Å². The lowest BCUT2D eigenvalue weighted by atomic mass is 10.0. The Balaban J connectivity index is 0.00000180. The zero-order valence-electron chi connectivity index (χ0n) is 11.2. The molecule has 1 aromatic carbocycles. The van der Waals surface area contributed by atoms with E-state index < -0.39 is 6.67 Å². The number of hydrogen-bond donors (Lipinski definition) is 2. The van der Waals surface area contributed by atoms with Crippen molar-refractivity contribution in [2.75, 3.05) is 32.9 Å². The van der Waals surface area contributed by atoms with Gasteiger partial charge in [-0.2, -0.15) is 0 Å². The predicted molar refractivity (Wildman–Crippen MR) is 88.2 cm³/mol. The standard InChI is InChI=1S/C13H18BrFN2O.2ClH/c1-9-2-3-10(14)12(13(9)18)11(8-15)17-6-4-16-5-7-17;;/h2-3,11,16,18H,4-8H2,1H3;2*1H/t11-;;/m1../s1. The predicted octanol–water partition coefficient (Wildman–Crippen LogP) is 3.22. The van der Waals surface area contributed by atoms with Gasteiger partial charge >= 0.3 is 0 Å². The molecule has 2 N–H and O–H groups in total. The molecule has 1 heterocycles. The number of aryl methyl sites for hydroxylation is 1. The van der Waals surface area contributed by atoms with Gasteiger partial charge in [-0.3, -0.25) is 4.90 Å². The van der Waals surface area contributed by atoms with Crippen LogP contribution in [0.5, 0.6) is 5.75 Å². The van der Waals surface area contributed by atoms with Crippen LogP contribution in [0.1, 0.15) is 17.2 Å². The molecule has 0 bridgehead atoms. The van der Waals surface area contributed by atoms with Crippen LogP contribution in [0.2, 0.25) is 0 Å². The third-order valence-corrected chi connectivity index (χ3v) is 4.13. The summed E-state index contributed by atoms with van der Waals surface area (Å²) in [7, 11) is 0. The molecule has 0 aromatic heterocycles. The molecule has 0 spiro atoms. The van der Waals surface area contributed by atoms with Crippen molar-refractivity contribution in [2.45, 2.75) is 13.0 Å². The summed E-state index contributed by atoms with van der Waals surface area (Å²) in [6.45, 7) is 4.66. The Hall–Kier alpha value is -0.0700. The highest BCUT2D eigenvalue weighted by atomic mass is 79.9. The van der Waals surface area contributed by atoms with Crippen LogP contribution in [0.15, 0.2) is 16.6 Å². The third-order valence-electron chi connectivity index (χ3n) is 3.44. The second-order valence-electron chi connectivity index (χ2n) is 4.58. The van der Waals surface area contributed by atoms with Crippen molar-refractivity contribution in [1.29, 1.82) is 0 Å². The van der Waals surface area contributed by atoms with Crippen molar-refractivity contribution in [3.63, 3.8) is 0 Å². The minimum absolute atomic E-state index is 0. The molecule has 1 aliphatic heterocycles. The Morgan fingerprint density at radius 3 is 2.50 bits per heavy atom. The van der Waals surface area contributed by atoms with E-state index in [1.807, 2.05) is 19.1 Å². The monoisotopic (exact) mass is 388 g/mol. The van der Waals surface area contributed by atoms with Gasteiger partial charge in [0.25, 0.3) is 0 Å². The number of benzene rings is 1. The Kier molecular flexibility index (Phi) is 9.02. The van der Waals surface area contributed by atoms with E-state index in [0.29, 0.717) is 5.56 Å². The van der Waals surface area contributed by atoms with Crippen LogP contribution in [-0.2, 0) is 0 Å². The quantitative estimate of drug-likeness (QED) is 0.832. The first-order valence-electron chi connectivity index (χ1n) is 6.14. The fourth-order valence-electron chi connectivity index (χ4n) is 2.36. The first-order chi connectivity index (χ1) is 8.65. The van der Waals surface area contributed by atoms with Crippen molar-refractivity contribution in [2.24, 2.45) is 0 Å². The normalized spacial score (nSPS) is 16.9. The highest BCUT2D eigenvalue weighted by Crippen LogP contribution is 2.37. The van der Waals surface area contributed by atoms with E-state index in [2.05, 4.69) is 26.1 Å². The van der Waals surface area contributed by atoms with Crippen LogP contribution >= 0.6 is 40.7 Å². The summed E-state index contributed by atoms with van der Waals surface area (Å²) in [5, 5.41) is 13.4. The minimum atomic E-state index is -0.490. The van der Waals surface area contributed by atoms with Crippen molar-refractivity contribution in [1.82, 2.24) is 10.2 Å². The van der Waals surface area contributed by atoms with E-state index in [0.717, 1.165) is 36.2 Å². The maximum Gasteiger partial charge on any atom is 0.124 e. The molecule has 1 saturated heterocycles. The summed E-state index contributed by atoms with van der Waals surface area (Å²) in [5.41, 5.74) is 1.45. The van der Waals surface area contributed by atoms with Gasteiger partial charge in [0, 0.05) is 36.2 Å². The molecular formula is C13H20BrCl2FN2O. The average molecular weight is 390 g/mol. The van der Waals surface area contributed by atoms with Gasteiger partial charge in [0.2, 0.25) is 0 Å². The van der Waals surface area contributed by atoms with Crippen LogP contribution in [0.3, 0.4) is 0 Å². The van der Waals surface area contributed by atoms with Crippen molar-refractivity contribution >= 4 is 40.7 Å². The first-order valence-corrected chi connectivity index (χ1v) is 6.93. The van der Waals surface area contributed by atoms with Crippen LogP contribution in [-0.4, -0.2) is 42.9 Å². The Bertz CT molecular complexity index is 431. The summed E-state index contributed by atoms with van der Waals surface area (Å²) in [6, 6.07) is 3.33. The number of rotatable bonds is 3. The molecule has 7 heteroatoms. The van der Waals surface area contributed by atoms with Gasteiger partial charge in [-0.1, -0.05) is 22.0 Å². The number of hydrogen-bond acceptors (Lipinski definition) is 3. The molecule has 2 rings (SSSR count). The molecule has 0 radical (unpaired) electrons. The minimum Gasteiger partial charge on any atom is -0.507 e. The molecule has 1 aromatic rings. The second kappa shape index (κ2) is 9.05. The zero-order valence-corrected chi connectivity index (χ0v) is 14.5. The topological polar surface area (TPSA) is 35.5 Å². The first kappa shape index (κ1) is 19.9. The molecule has 0 aliphatic carbocycles. The fraction of sp³-hybridized carbons (Fsp3) is 0.538. The molecule has 116 valence electrons. The Labute approximate surface area is 139 Å². The molecule has 1 aliphatic rings. The van der Waals surface area contributed by atoms with Gasteiger partial charge < -0.3 is 10.4 Å². The van der Waals surface area contributed by atoms with Crippen LogP contribution < -0.4 is 5.32 Å². The number of nitrogens with one attached hydrogen (secondary N) is 1. The molecule has 3 nitrogen and oxygen atoms in total.